The quantitative estimate of drug-likeness (QED) is 0.505. The van der Waals surface area contributed by atoms with Gasteiger partial charge in [0.25, 0.3) is 0 Å². The fraction of sp³-hybridized carbons (Fsp3) is 0.381. The highest BCUT2D eigenvalue weighted by molar-refractivity contribution is 5.93. The number of benzene rings is 2. The highest BCUT2D eigenvalue weighted by Crippen LogP contribution is 2.30. The molecule has 2 rings (SSSR count). The van der Waals surface area contributed by atoms with Crippen LogP contribution in [0.3, 0.4) is 0 Å². The molecule has 28 heavy (non-hydrogen) atoms. The predicted molar refractivity (Wildman–Crippen MR) is 112 cm³/mol. The lowest BCUT2D eigenvalue weighted by atomic mass is 10.2. The van der Waals surface area contributed by atoms with Gasteiger partial charge in [-0.2, -0.15) is 0 Å². The van der Waals surface area contributed by atoms with Gasteiger partial charge >= 0.3 is 0 Å². The van der Waals surface area contributed by atoms with Gasteiger partial charge in [-0.3, -0.25) is 4.99 Å². The second kappa shape index (κ2) is 10.9. The first-order valence-corrected chi connectivity index (χ1v) is 9.23. The zero-order chi connectivity index (χ0) is 20.4. The van der Waals surface area contributed by atoms with Crippen LogP contribution in [0.25, 0.3) is 0 Å². The molecule has 0 aliphatic rings. The van der Waals surface area contributed by atoms with Crippen molar-refractivity contribution in [2.24, 2.45) is 4.99 Å². The van der Waals surface area contributed by atoms with Crippen molar-refractivity contribution in [2.75, 3.05) is 39.8 Å². The van der Waals surface area contributed by atoms with E-state index in [1.54, 1.807) is 21.3 Å². The van der Waals surface area contributed by atoms with Crippen LogP contribution in [0.15, 0.2) is 41.4 Å². The Kier molecular flexibility index (Phi) is 8.27. The summed E-state index contributed by atoms with van der Waals surface area (Å²) in [6.07, 6.45) is 0. The number of rotatable bonds is 9. The van der Waals surface area contributed by atoms with E-state index in [0.717, 1.165) is 22.7 Å². The molecule has 0 radical (unpaired) electrons. The lowest BCUT2D eigenvalue weighted by molar-refractivity contribution is 0.310. The third kappa shape index (κ3) is 5.70. The second-order valence-electron chi connectivity index (χ2n) is 5.77. The van der Waals surface area contributed by atoms with Crippen molar-refractivity contribution < 1.29 is 18.9 Å². The summed E-state index contributed by atoms with van der Waals surface area (Å²) in [6, 6.07) is 11.5. The third-order valence-electron chi connectivity index (χ3n) is 3.94. The summed E-state index contributed by atoms with van der Waals surface area (Å²) in [7, 11) is 4.98. The van der Waals surface area contributed by atoms with E-state index in [2.05, 4.69) is 15.6 Å². The Labute approximate surface area is 166 Å². The Morgan fingerprint density at radius 1 is 0.857 bits per heavy atom. The third-order valence-corrected chi connectivity index (χ3v) is 3.94. The van der Waals surface area contributed by atoms with Gasteiger partial charge < -0.3 is 29.6 Å². The molecular weight excluding hydrogens is 358 g/mol. The topological polar surface area (TPSA) is 73.3 Å². The zero-order valence-electron chi connectivity index (χ0n) is 17.2. The Bertz CT molecular complexity index is 793. The Balaban J connectivity index is 2.05. The molecule has 0 bridgehead atoms. The molecule has 152 valence electrons. The monoisotopic (exact) mass is 387 g/mol. The Morgan fingerprint density at radius 3 is 2.04 bits per heavy atom. The highest BCUT2D eigenvalue weighted by Gasteiger charge is 2.08. The van der Waals surface area contributed by atoms with Gasteiger partial charge in [-0.25, -0.2) is 0 Å². The van der Waals surface area contributed by atoms with Crippen molar-refractivity contribution >= 4 is 11.6 Å². The number of nitrogens with one attached hydrogen (secondary N) is 2. The van der Waals surface area contributed by atoms with Crippen molar-refractivity contribution in [3.05, 3.63) is 42.0 Å². The summed E-state index contributed by atoms with van der Waals surface area (Å²) in [6.45, 7) is 5.60. The summed E-state index contributed by atoms with van der Waals surface area (Å²) >= 11 is 0. The maximum absolute atomic E-state index is 5.63. The molecule has 0 fully saturated rings. The van der Waals surface area contributed by atoms with Crippen molar-refractivity contribution in [3.8, 4) is 23.0 Å². The van der Waals surface area contributed by atoms with E-state index in [-0.39, 0.29) is 0 Å². The molecule has 0 spiro atoms. The van der Waals surface area contributed by atoms with Gasteiger partial charge in [0.05, 0.1) is 27.4 Å². The summed E-state index contributed by atoms with van der Waals surface area (Å²) in [5.74, 6) is 3.46. The summed E-state index contributed by atoms with van der Waals surface area (Å²) in [5, 5.41) is 6.55. The van der Waals surface area contributed by atoms with E-state index < -0.39 is 0 Å². The van der Waals surface area contributed by atoms with Gasteiger partial charge in [0.2, 0.25) is 0 Å². The number of nitrogens with zero attached hydrogens (tertiary/aromatic N) is 1. The standard InChI is InChI=1S/C21H29N3O4/c1-6-27-19-12-15(8-10-17(19)25-4)14-23-21(22-3)24-16-9-11-18(26-5)20(13-16)28-7-2/h8-13H,6-7,14H2,1-5H3,(H2,22,23,24). The highest BCUT2D eigenvalue weighted by atomic mass is 16.5. The normalized spacial score (nSPS) is 11.0. The van der Waals surface area contributed by atoms with Gasteiger partial charge in [-0.1, -0.05) is 6.07 Å². The van der Waals surface area contributed by atoms with Crippen molar-refractivity contribution in [1.82, 2.24) is 5.32 Å². The number of ether oxygens (including phenoxy) is 4. The number of anilines is 1. The molecule has 7 heteroatoms. The van der Waals surface area contributed by atoms with Gasteiger partial charge in [-0.15, -0.1) is 0 Å². The van der Waals surface area contributed by atoms with Crippen LogP contribution in [0.1, 0.15) is 19.4 Å². The van der Waals surface area contributed by atoms with Crippen LogP contribution in [-0.4, -0.2) is 40.4 Å². The molecule has 0 amide bonds. The molecule has 2 aromatic carbocycles. The molecule has 0 aliphatic heterocycles. The molecule has 0 aliphatic carbocycles. The van der Waals surface area contributed by atoms with Gasteiger partial charge in [0.1, 0.15) is 0 Å². The molecular formula is C21H29N3O4. The van der Waals surface area contributed by atoms with Crippen molar-refractivity contribution in [2.45, 2.75) is 20.4 Å². The van der Waals surface area contributed by atoms with Crippen molar-refractivity contribution in [1.29, 1.82) is 0 Å². The average Bonchev–Trinajstić information content (AvgIpc) is 2.72. The maximum atomic E-state index is 5.63. The molecule has 0 saturated heterocycles. The van der Waals surface area contributed by atoms with Gasteiger partial charge in [0.15, 0.2) is 29.0 Å². The molecule has 0 atom stereocenters. The average molecular weight is 387 g/mol. The van der Waals surface area contributed by atoms with E-state index >= 15 is 0 Å². The first-order valence-electron chi connectivity index (χ1n) is 9.23. The largest absolute Gasteiger partial charge is 0.493 e. The first kappa shape index (κ1) is 21.2. The minimum absolute atomic E-state index is 0.562. The summed E-state index contributed by atoms with van der Waals surface area (Å²) < 4.78 is 21.9. The molecule has 7 nitrogen and oxygen atoms in total. The molecule has 2 N–H and O–H groups in total. The van der Waals surface area contributed by atoms with Crippen LogP contribution < -0.4 is 29.6 Å². The zero-order valence-corrected chi connectivity index (χ0v) is 17.2. The van der Waals surface area contributed by atoms with Crippen LogP contribution >= 0.6 is 0 Å². The SMILES string of the molecule is CCOc1cc(CNC(=NC)Nc2ccc(OC)c(OCC)c2)ccc1OC. The van der Waals surface area contributed by atoms with E-state index in [1.165, 1.54) is 0 Å². The van der Waals surface area contributed by atoms with Gasteiger partial charge in [0, 0.05) is 25.3 Å². The van der Waals surface area contributed by atoms with E-state index in [4.69, 9.17) is 18.9 Å². The van der Waals surface area contributed by atoms with E-state index in [0.29, 0.717) is 37.2 Å². The molecule has 0 saturated carbocycles. The number of aliphatic imine (C=N–C) groups is 1. The Hall–Kier alpha value is -3.09. The van der Waals surface area contributed by atoms with Crippen LogP contribution in [0.4, 0.5) is 5.69 Å². The van der Waals surface area contributed by atoms with Crippen molar-refractivity contribution in [3.63, 3.8) is 0 Å². The van der Waals surface area contributed by atoms with Crippen LogP contribution in [-0.2, 0) is 6.54 Å². The maximum Gasteiger partial charge on any atom is 0.195 e. The minimum Gasteiger partial charge on any atom is -0.493 e. The number of hydrogen-bond acceptors (Lipinski definition) is 5. The fourth-order valence-corrected chi connectivity index (χ4v) is 2.62. The first-order chi connectivity index (χ1) is 13.6. The molecule has 2 aromatic rings. The smallest absolute Gasteiger partial charge is 0.195 e. The number of methoxy groups -OCH3 is 2. The summed E-state index contributed by atoms with van der Waals surface area (Å²) in [5.41, 5.74) is 1.90. The molecule has 0 heterocycles. The number of hydrogen-bond donors (Lipinski definition) is 2. The second-order valence-corrected chi connectivity index (χ2v) is 5.77. The Morgan fingerprint density at radius 2 is 1.46 bits per heavy atom. The van der Waals surface area contributed by atoms with Crippen LogP contribution in [0, 0.1) is 0 Å². The lowest BCUT2D eigenvalue weighted by Gasteiger charge is -2.15. The fourth-order valence-electron chi connectivity index (χ4n) is 2.62. The van der Waals surface area contributed by atoms with Crippen LogP contribution in [0.5, 0.6) is 23.0 Å². The van der Waals surface area contributed by atoms with Gasteiger partial charge in [-0.05, 0) is 43.7 Å². The van der Waals surface area contributed by atoms with E-state index in [9.17, 15) is 0 Å². The minimum atomic E-state index is 0.562. The molecule has 0 aromatic heterocycles. The number of guanidine groups is 1. The lowest BCUT2D eigenvalue weighted by Crippen LogP contribution is -2.30. The predicted octanol–water partition coefficient (Wildman–Crippen LogP) is 3.69. The molecule has 0 unspecified atom stereocenters. The van der Waals surface area contributed by atoms with Crippen LogP contribution in [0.2, 0.25) is 0 Å². The summed E-state index contributed by atoms with van der Waals surface area (Å²) in [4.78, 5) is 4.28. The van der Waals surface area contributed by atoms with E-state index in [1.807, 2.05) is 50.2 Å².